The minimum Gasteiger partial charge on any atom is -0.369 e. The number of guanidine groups is 1. The van der Waals surface area contributed by atoms with Crippen molar-refractivity contribution in [2.75, 3.05) is 10.6 Å². The fourth-order valence-corrected chi connectivity index (χ4v) is 1.44. The lowest BCUT2D eigenvalue weighted by Gasteiger charge is -2.18. The number of hydrogen-bond acceptors (Lipinski definition) is 2. The Hall–Kier alpha value is -1.16. The summed E-state index contributed by atoms with van der Waals surface area (Å²) in [5, 5.41) is 7.27. The Morgan fingerprint density at radius 3 is 2.42 bits per heavy atom. The van der Waals surface area contributed by atoms with E-state index in [1.54, 1.807) is 4.31 Å². The first-order chi connectivity index (χ1) is 5.75. The topological polar surface area (TPSA) is 53.1 Å². The molecular formula is C8H11N3S. The fraction of sp³-hybridized carbons (Fsp3) is 0.125. The molecule has 0 atom stereocenters. The average molecular weight is 181 g/mol. The molecule has 0 saturated carbocycles. The van der Waals surface area contributed by atoms with Crippen molar-refractivity contribution in [1.29, 1.82) is 5.41 Å². The van der Waals surface area contributed by atoms with E-state index in [0.717, 1.165) is 5.69 Å². The summed E-state index contributed by atoms with van der Waals surface area (Å²) >= 11 is 1.41. The molecule has 0 amide bonds. The highest BCUT2D eigenvalue weighted by Gasteiger charge is 2.05. The Labute approximate surface area is 76.2 Å². The Bertz CT molecular complexity index is 260. The van der Waals surface area contributed by atoms with E-state index in [4.69, 9.17) is 11.1 Å². The molecule has 0 spiro atoms. The van der Waals surface area contributed by atoms with Crippen molar-refractivity contribution < 1.29 is 0 Å². The third-order valence-electron chi connectivity index (χ3n) is 1.39. The van der Waals surface area contributed by atoms with Crippen molar-refractivity contribution >= 4 is 23.6 Å². The molecule has 0 bridgehead atoms. The van der Waals surface area contributed by atoms with Crippen LogP contribution in [0.1, 0.15) is 0 Å². The van der Waals surface area contributed by atoms with Gasteiger partial charge in [-0.25, -0.2) is 0 Å². The van der Waals surface area contributed by atoms with Crippen LogP contribution in [0.4, 0.5) is 5.69 Å². The number of hydrogen-bond donors (Lipinski definition) is 2. The van der Waals surface area contributed by atoms with Gasteiger partial charge in [-0.15, -0.1) is 0 Å². The van der Waals surface area contributed by atoms with Crippen LogP contribution < -0.4 is 10.0 Å². The van der Waals surface area contributed by atoms with Crippen LogP contribution >= 0.6 is 11.9 Å². The number of nitrogens with one attached hydrogen (secondary N) is 1. The lowest BCUT2D eigenvalue weighted by atomic mass is 10.3. The summed E-state index contributed by atoms with van der Waals surface area (Å²) in [7, 11) is 0. The summed E-state index contributed by atoms with van der Waals surface area (Å²) in [6.07, 6.45) is 1.88. The van der Waals surface area contributed by atoms with Gasteiger partial charge in [0.1, 0.15) is 0 Å². The summed E-state index contributed by atoms with van der Waals surface area (Å²) in [6.45, 7) is 0. The molecule has 0 fully saturated rings. The number of nitrogens with two attached hydrogens (primary N) is 1. The first kappa shape index (κ1) is 8.93. The zero-order valence-corrected chi connectivity index (χ0v) is 7.64. The van der Waals surface area contributed by atoms with E-state index < -0.39 is 0 Å². The summed E-state index contributed by atoms with van der Waals surface area (Å²) in [6, 6.07) is 9.60. The average Bonchev–Trinajstić information content (AvgIpc) is 2.07. The second kappa shape index (κ2) is 4.01. The van der Waals surface area contributed by atoms with Gasteiger partial charge < -0.3 is 5.73 Å². The van der Waals surface area contributed by atoms with E-state index in [9.17, 15) is 0 Å². The van der Waals surface area contributed by atoms with Gasteiger partial charge in [0, 0.05) is 6.26 Å². The number of nitrogens with zero attached hydrogens (tertiary/aromatic N) is 1. The molecule has 1 rings (SSSR count). The van der Waals surface area contributed by atoms with Gasteiger partial charge >= 0.3 is 0 Å². The Morgan fingerprint density at radius 2 is 2.00 bits per heavy atom. The number of para-hydroxylation sites is 1. The Morgan fingerprint density at radius 1 is 1.42 bits per heavy atom. The highest BCUT2D eigenvalue weighted by Crippen LogP contribution is 2.18. The molecule has 0 aliphatic carbocycles. The van der Waals surface area contributed by atoms with Gasteiger partial charge in [0.15, 0.2) is 0 Å². The van der Waals surface area contributed by atoms with Gasteiger partial charge in [-0.05, 0) is 24.1 Å². The number of anilines is 1. The van der Waals surface area contributed by atoms with Gasteiger partial charge in [-0.2, -0.15) is 0 Å². The second-order valence-corrected chi connectivity index (χ2v) is 2.93. The van der Waals surface area contributed by atoms with Crippen molar-refractivity contribution in [2.45, 2.75) is 0 Å². The third-order valence-corrected chi connectivity index (χ3v) is 2.16. The summed E-state index contributed by atoms with van der Waals surface area (Å²) in [5.74, 6) is 0.0497. The highest BCUT2D eigenvalue weighted by atomic mass is 32.2. The maximum atomic E-state index is 7.27. The van der Waals surface area contributed by atoms with Gasteiger partial charge in [-0.3, -0.25) is 9.71 Å². The molecule has 1 aromatic rings. The smallest absolute Gasteiger partial charge is 0.203 e. The summed E-state index contributed by atoms with van der Waals surface area (Å²) < 4.78 is 1.65. The first-order valence-electron chi connectivity index (χ1n) is 3.49. The molecule has 0 heterocycles. The van der Waals surface area contributed by atoms with Crippen molar-refractivity contribution in [1.82, 2.24) is 0 Å². The fourth-order valence-electron chi connectivity index (χ4n) is 0.906. The molecule has 0 saturated heterocycles. The van der Waals surface area contributed by atoms with Gasteiger partial charge in [0.2, 0.25) is 5.96 Å². The predicted molar refractivity (Wildman–Crippen MR) is 54.4 cm³/mol. The molecule has 1 aromatic carbocycles. The van der Waals surface area contributed by atoms with Crippen LogP contribution in [0.25, 0.3) is 0 Å². The minimum absolute atomic E-state index is 0.0497. The lowest BCUT2D eigenvalue weighted by Crippen LogP contribution is -2.30. The highest BCUT2D eigenvalue weighted by molar-refractivity contribution is 8.00. The maximum Gasteiger partial charge on any atom is 0.203 e. The first-order valence-corrected chi connectivity index (χ1v) is 4.67. The van der Waals surface area contributed by atoms with E-state index in [-0.39, 0.29) is 5.96 Å². The van der Waals surface area contributed by atoms with Crippen LogP contribution in [-0.2, 0) is 0 Å². The lowest BCUT2D eigenvalue weighted by molar-refractivity contribution is 1.35. The van der Waals surface area contributed by atoms with Crippen LogP contribution in [0.5, 0.6) is 0 Å². The molecule has 12 heavy (non-hydrogen) atoms. The molecule has 64 valence electrons. The van der Waals surface area contributed by atoms with Gasteiger partial charge in [0.25, 0.3) is 0 Å². The SMILES string of the molecule is CSN(C(=N)N)c1ccccc1. The quantitative estimate of drug-likeness (QED) is 0.414. The monoisotopic (exact) mass is 181 g/mol. The normalized spacial score (nSPS) is 9.42. The van der Waals surface area contributed by atoms with Crippen molar-refractivity contribution in [3.63, 3.8) is 0 Å². The minimum atomic E-state index is 0.0497. The second-order valence-electron chi connectivity index (χ2n) is 2.20. The van der Waals surface area contributed by atoms with E-state index >= 15 is 0 Å². The zero-order valence-electron chi connectivity index (χ0n) is 6.82. The Kier molecular flexibility index (Phi) is 2.99. The number of rotatable bonds is 2. The van der Waals surface area contributed by atoms with Gasteiger partial charge in [0.05, 0.1) is 5.69 Å². The molecule has 0 aromatic heterocycles. The molecule has 0 unspecified atom stereocenters. The molecule has 3 nitrogen and oxygen atoms in total. The zero-order chi connectivity index (χ0) is 8.97. The predicted octanol–water partition coefficient (Wildman–Crippen LogP) is 1.66. The van der Waals surface area contributed by atoms with E-state index in [1.165, 1.54) is 11.9 Å². The Balaban J connectivity index is 2.88. The van der Waals surface area contributed by atoms with E-state index in [1.807, 2.05) is 36.6 Å². The molecule has 0 aliphatic rings. The van der Waals surface area contributed by atoms with Crippen LogP contribution in [0.15, 0.2) is 30.3 Å². The third kappa shape index (κ3) is 1.92. The maximum absolute atomic E-state index is 7.27. The number of benzene rings is 1. The summed E-state index contributed by atoms with van der Waals surface area (Å²) in [5.41, 5.74) is 6.30. The summed E-state index contributed by atoms with van der Waals surface area (Å²) in [4.78, 5) is 0. The standard InChI is InChI=1S/C8H11N3S/c1-12-11(8(9)10)7-5-3-2-4-6-7/h2-6H,1H3,(H3,9,10). The molecule has 4 heteroatoms. The molecule has 3 N–H and O–H groups in total. The largest absolute Gasteiger partial charge is 0.369 e. The molecule has 0 aliphatic heterocycles. The molecular weight excluding hydrogens is 170 g/mol. The van der Waals surface area contributed by atoms with E-state index in [0.29, 0.717) is 0 Å². The molecule has 0 radical (unpaired) electrons. The van der Waals surface area contributed by atoms with Crippen LogP contribution in [0.3, 0.4) is 0 Å². The van der Waals surface area contributed by atoms with Crippen molar-refractivity contribution in [2.24, 2.45) is 5.73 Å². The van der Waals surface area contributed by atoms with Crippen molar-refractivity contribution in [3.8, 4) is 0 Å². The van der Waals surface area contributed by atoms with Crippen LogP contribution in [-0.4, -0.2) is 12.2 Å². The van der Waals surface area contributed by atoms with E-state index in [2.05, 4.69) is 0 Å². The van der Waals surface area contributed by atoms with Gasteiger partial charge in [-0.1, -0.05) is 18.2 Å². The van der Waals surface area contributed by atoms with Crippen LogP contribution in [0, 0.1) is 5.41 Å². The van der Waals surface area contributed by atoms with Crippen molar-refractivity contribution in [3.05, 3.63) is 30.3 Å². The van der Waals surface area contributed by atoms with Crippen LogP contribution in [0.2, 0.25) is 0 Å².